The lowest BCUT2D eigenvalue weighted by atomic mass is 9.76. The van der Waals surface area contributed by atoms with Gasteiger partial charge in [-0.3, -0.25) is 4.98 Å². The Bertz CT molecular complexity index is 561. The average molecular weight is 321 g/mol. The van der Waals surface area contributed by atoms with E-state index in [4.69, 9.17) is 4.74 Å². The fraction of sp³-hybridized carbons (Fsp3) is 0.647. The molecule has 2 fully saturated rings. The molecule has 0 bridgehead atoms. The molecule has 2 amide bonds. The van der Waals surface area contributed by atoms with Crippen LogP contribution in [0.1, 0.15) is 50.6 Å². The largest absolute Gasteiger partial charge is 0.381 e. The molecule has 1 saturated heterocycles. The zero-order valence-corrected chi connectivity index (χ0v) is 13.5. The Morgan fingerprint density at radius 1 is 1.43 bits per heavy atom. The normalized spacial score (nSPS) is 24.3. The van der Waals surface area contributed by atoms with Crippen LogP contribution in [0.3, 0.4) is 0 Å². The summed E-state index contributed by atoms with van der Waals surface area (Å²) < 4.78 is 18.9. The highest BCUT2D eigenvalue weighted by Gasteiger charge is 2.44. The van der Waals surface area contributed by atoms with Gasteiger partial charge in [-0.15, -0.1) is 0 Å². The number of nitrogens with one attached hydrogen (secondary N) is 2. The molecule has 23 heavy (non-hydrogen) atoms. The lowest BCUT2D eigenvalue weighted by Gasteiger charge is -2.41. The number of carbonyl (C=O) groups excluding carboxylic acids is 1. The van der Waals surface area contributed by atoms with Gasteiger partial charge in [-0.05, 0) is 37.8 Å². The van der Waals surface area contributed by atoms with E-state index >= 15 is 0 Å². The fourth-order valence-corrected chi connectivity index (χ4v) is 3.83. The highest BCUT2D eigenvalue weighted by atomic mass is 19.1. The molecule has 1 aliphatic carbocycles. The van der Waals surface area contributed by atoms with Gasteiger partial charge >= 0.3 is 6.03 Å². The monoisotopic (exact) mass is 321 g/mol. The summed E-state index contributed by atoms with van der Waals surface area (Å²) in [6.45, 7) is 3.25. The van der Waals surface area contributed by atoms with Gasteiger partial charge in [0.15, 0.2) is 0 Å². The van der Waals surface area contributed by atoms with Crippen molar-refractivity contribution in [2.24, 2.45) is 5.41 Å². The quantitative estimate of drug-likeness (QED) is 0.900. The second kappa shape index (κ2) is 6.83. The van der Waals surface area contributed by atoms with Crippen molar-refractivity contribution in [3.05, 3.63) is 29.8 Å². The van der Waals surface area contributed by atoms with Crippen LogP contribution in [0, 0.1) is 11.2 Å². The summed E-state index contributed by atoms with van der Waals surface area (Å²) in [4.78, 5) is 16.2. The van der Waals surface area contributed by atoms with Gasteiger partial charge in [-0.25, -0.2) is 9.18 Å². The van der Waals surface area contributed by atoms with Crippen molar-refractivity contribution < 1.29 is 13.9 Å². The van der Waals surface area contributed by atoms with Crippen LogP contribution >= 0.6 is 0 Å². The van der Waals surface area contributed by atoms with Crippen LogP contribution in [0.4, 0.5) is 9.18 Å². The minimum absolute atomic E-state index is 0.0965. The van der Waals surface area contributed by atoms with Gasteiger partial charge in [0, 0.05) is 24.3 Å². The van der Waals surface area contributed by atoms with Gasteiger partial charge in [0.1, 0.15) is 5.82 Å². The molecule has 2 aliphatic rings. The number of ether oxygens (including phenoxy) is 1. The Labute approximate surface area is 136 Å². The molecule has 0 radical (unpaired) electrons. The predicted octanol–water partition coefficient (Wildman–Crippen LogP) is 2.93. The van der Waals surface area contributed by atoms with Gasteiger partial charge < -0.3 is 15.4 Å². The summed E-state index contributed by atoms with van der Waals surface area (Å²) in [7, 11) is 0. The topological polar surface area (TPSA) is 63.2 Å². The molecule has 126 valence electrons. The van der Waals surface area contributed by atoms with Crippen molar-refractivity contribution in [1.29, 1.82) is 0 Å². The number of amides is 2. The first-order valence-electron chi connectivity index (χ1n) is 8.34. The van der Waals surface area contributed by atoms with E-state index in [1.807, 2.05) is 6.92 Å². The minimum Gasteiger partial charge on any atom is -0.381 e. The van der Waals surface area contributed by atoms with Crippen LogP contribution < -0.4 is 10.6 Å². The standard InChI is InChI=1S/C17H24FN3O2/c1-12(13-8-14(18)10-19-9-13)20-16(22)21-15-4-7-23-11-17(15)5-2-3-6-17/h8-10,12,15H,2-7,11H2,1H3,(H2,20,21,22)/t12-,15?/m0/s1. The number of aromatic nitrogens is 1. The van der Waals surface area contributed by atoms with Crippen LogP contribution in [0.25, 0.3) is 0 Å². The first kappa shape index (κ1) is 16.2. The van der Waals surface area contributed by atoms with Crippen LogP contribution in [0.2, 0.25) is 0 Å². The van der Waals surface area contributed by atoms with Crippen molar-refractivity contribution in [3.63, 3.8) is 0 Å². The van der Waals surface area contributed by atoms with E-state index in [0.717, 1.165) is 32.1 Å². The number of rotatable bonds is 3. The first-order valence-corrected chi connectivity index (χ1v) is 8.34. The molecule has 1 unspecified atom stereocenters. The Balaban J connectivity index is 1.60. The Morgan fingerprint density at radius 3 is 2.96 bits per heavy atom. The zero-order valence-electron chi connectivity index (χ0n) is 13.5. The molecule has 2 atom stereocenters. The van der Waals surface area contributed by atoms with Gasteiger partial charge in [-0.2, -0.15) is 0 Å². The number of hydrogen-bond donors (Lipinski definition) is 2. The van der Waals surface area contributed by atoms with E-state index < -0.39 is 5.82 Å². The van der Waals surface area contributed by atoms with E-state index in [2.05, 4.69) is 15.6 Å². The molecule has 1 aromatic heterocycles. The van der Waals surface area contributed by atoms with Crippen LogP contribution in [0.15, 0.2) is 18.5 Å². The SMILES string of the molecule is C[C@H](NC(=O)NC1CCOCC12CCCC2)c1cncc(F)c1. The smallest absolute Gasteiger partial charge is 0.315 e. The van der Waals surface area contributed by atoms with Crippen LogP contribution in [-0.2, 0) is 4.74 Å². The molecule has 2 N–H and O–H groups in total. The summed E-state index contributed by atoms with van der Waals surface area (Å²) in [5, 5.41) is 6.00. The molecule has 1 saturated carbocycles. The predicted molar refractivity (Wildman–Crippen MR) is 84.4 cm³/mol. The van der Waals surface area contributed by atoms with E-state index in [9.17, 15) is 9.18 Å². The number of urea groups is 1. The van der Waals surface area contributed by atoms with Crippen LogP contribution in [0.5, 0.6) is 0 Å². The Kier molecular flexibility index (Phi) is 4.80. The lowest BCUT2D eigenvalue weighted by molar-refractivity contribution is -0.0264. The van der Waals surface area contributed by atoms with Gasteiger partial charge in [-0.1, -0.05) is 12.8 Å². The number of pyridine rings is 1. The van der Waals surface area contributed by atoms with E-state index in [1.165, 1.54) is 18.9 Å². The van der Waals surface area contributed by atoms with E-state index in [1.54, 1.807) is 6.20 Å². The zero-order chi connectivity index (χ0) is 16.3. The highest BCUT2D eigenvalue weighted by Crippen LogP contribution is 2.44. The second-order valence-electron chi connectivity index (χ2n) is 6.74. The second-order valence-corrected chi connectivity index (χ2v) is 6.74. The van der Waals surface area contributed by atoms with Crippen molar-refractivity contribution in [2.45, 2.75) is 51.1 Å². The molecule has 6 heteroatoms. The van der Waals surface area contributed by atoms with Crippen molar-refractivity contribution in [3.8, 4) is 0 Å². The molecular formula is C17H24FN3O2. The van der Waals surface area contributed by atoms with Gasteiger partial charge in [0.25, 0.3) is 0 Å². The molecule has 1 aliphatic heterocycles. The maximum Gasteiger partial charge on any atom is 0.315 e. The Hall–Kier alpha value is -1.69. The summed E-state index contributed by atoms with van der Waals surface area (Å²) in [6.07, 6.45) is 8.21. The number of hydrogen-bond acceptors (Lipinski definition) is 3. The molecule has 3 rings (SSSR count). The van der Waals surface area contributed by atoms with Crippen molar-refractivity contribution in [2.75, 3.05) is 13.2 Å². The first-order chi connectivity index (χ1) is 11.1. The minimum atomic E-state index is -0.397. The summed E-state index contributed by atoms with van der Waals surface area (Å²) in [5.74, 6) is -0.397. The molecule has 2 heterocycles. The molecule has 1 aromatic rings. The maximum absolute atomic E-state index is 13.2. The number of halogens is 1. The van der Waals surface area contributed by atoms with Crippen molar-refractivity contribution >= 4 is 6.03 Å². The summed E-state index contributed by atoms with van der Waals surface area (Å²) >= 11 is 0. The fourth-order valence-electron chi connectivity index (χ4n) is 3.83. The van der Waals surface area contributed by atoms with Crippen molar-refractivity contribution in [1.82, 2.24) is 15.6 Å². The van der Waals surface area contributed by atoms with Gasteiger partial charge in [0.2, 0.25) is 0 Å². The third-order valence-corrected chi connectivity index (χ3v) is 5.16. The van der Waals surface area contributed by atoms with Crippen LogP contribution in [-0.4, -0.2) is 30.3 Å². The lowest BCUT2D eigenvalue weighted by Crippen LogP contribution is -2.54. The van der Waals surface area contributed by atoms with Gasteiger partial charge in [0.05, 0.1) is 18.8 Å². The average Bonchev–Trinajstić information content (AvgIpc) is 2.99. The number of carbonyl (C=O) groups is 1. The van der Waals surface area contributed by atoms with E-state index in [-0.39, 0.29) is 23.5 Å². The summed E-state index contributed by atoms with van der Waals surface area (Å²) in [6, 6.07) is 1.04. The van der Waals surface area contributed by atoms with E-state index in [0.29, 0.717) is 12.2 Å². The molecule has 1 spiro atoms. The number of nitrogens with zero attached hydrogens (tertiary/aromatic N) is 1. The Morgan fingerprint density at radius 2 is 2.22 bits per heavy atom. The molecule has 5 nitrogen and oxygen atoms in total. The summed E-state index contributed by atoms with van der Waals surface area (Å²) in [5.41, 5.74) is 0.752. The molecular weight excluding hydrogens is 297 g/mol. The highest BCUT2D eigenvalue weighted by molar-refractivity contribution is 5.74. The third kappa shape index (κ3) is 3.63. The maximum atomic E-state index is 13.2. The molecule has 0 aromatic carbocycles. The third-order valence-electron chi connectivity index (χ3n) is 5.16.